The van der Waals surface area contributed by atoms with E-state index >= 15 is 0 Å². The smallest absolute Gasteiger partial charge is 0.339 e. The fraction of sp³-hybridized carbons (Fsp3) is 0.469. The van der Waals surface area contributed by atoms with Gasteiger partial charge in [0.05, 0.1) is 23.9 Å². The van der Waals surface area contributed by atoms with Crippen LogP contribution in [0.5, 0.6) is 0 Å². The number of carbonyl (C=O) groups excluding carboxylic acids is 2. The van der Waals surface area contributed by atoms with Crippen LogP contribution in [-0.2, 0) is 27.7 Å². The van der Waals surface area contributed by atoms with E-state index in [0.29, 0.717) is 58.1 Å². The zero-order valence-electron chi connectivity index (χ0n) is 25.7. The Bertz CT molecular complexity index is 1850. The number of fused-ring (bicyclic) bond motifs is 1. The number of nitrogens with zero attached hydrogens (tertiary/aromatic N) is 4. The molecule has 264 valence electrons. The zero-order chi connectivity index (χ0) is 35.5. The number of aromatic nitrogens is 2. The summed E-state index contributed by atoms with van der Waals surface area (Å²) in [5, 5.41) is 4.16. The summed E-state index contributed by atoms with van der Waals surface area (Å²) in [6.07, 6.45) is -1.91. The number of likely N-dealkylation sites (tertiary alicyclic amines) is 2. The van der Waals surface area contributed by atoms with Crippen LogP contribution in [0.2, 0.25) is 10.0 Å². The van der Waals surface area contributed by atoms with Gasteiger partial charge in [0, 0.05) is 46.7 Å². The maximum atomic E-state index is 13.6. The molecule has 0 N–H and O–H groups in total. The first kappa shape index (κ1) is 35.5. The Labute approximate surface area is 288 Å². The normalized spacial score (nSPS) is 20.9. The van der Waals surface area contributed by atoms with Crippen molar-refractivity contribution in [2.24, 2.45) is 11.8 Å². The largest absolute Gasteiger partial charge is 0.518 e. The molecule has 17 heteroatoms. The molecule has 49 heavy (non-hydrogen) atoms. The molecule has 6 rings (SSSR count). The summed E-state index contributed by atoms with van der Waals surface area (Å²) in [5.74, 6) is -2.52. The monoisotopic (exact) mass is 750 g/mol. The third-order valence-electron chi connectivity index (χ3n) is 9.66. The number of amides is 2. The quantitative estimate of drug-likeness (QED) is 0.245. The maximum absolute atomic E-state index is 13.6. The number of hydrogen-bond acceptors (Lipinski definition) is 5. The predicted octanol–water partition coefficient (Wildman–Crippen LogP) is 7.44. The highest BCUT2D eigenvalue weighted by atomic mass is 35.5. The van der Waals surface area contributed by atoms with Gasteiger partial charge in [0.1, 0.15) is 0 Å². The van der Waals surface area contributed by atoms with Crippen LogP contribution in [0.1, 0.15) is 65.3 Å². The first-order valence-corrected chi connectivity index (χ1v) is 17.8. The molecule has 2 aliphatic heterocycles. The molecule has 0 radical (unpaired) electrons. The van der Waals surface area contributed by atoms with E-state index < -0.39 is 39.6 Å². The lowest BCUT2D eigenvalue weighted by molar-refractivity contribution is -0.183. The molecule has 1 aliphatic carbocycles. The Balaban J connectivity index is 1.13. The third kappa shape index (κ3) is 6.77. The van der Waals surface area contributed by atoms with Gasteiger partial charge in [0.25, 0.3) is 5.91 Å². The second-order valence-corrected chi connectivity index (χ2v) is 15.1. The number of halogens is 8. The summed E-state index contributed by atoms with van der Waals surface area (Å²) in [6.45, 7) is 0.359. The lowest BCUT2D eigenvalue weighted by Crippen LogP contribution is -2.42. The fourth-order valence-corrected chi connectivity index (χ4v) is 8.50. The van der Waals surface area contributed by atoms with Gasteiger partial charge in [-0.05, 0) is 85.9 Å². The number of carbonyl (C=O) groups is 2. The molecule has 3 aromatic rings. The molecule has 1 unspecified atom stereocenters. The first-order chi connectivity index (χ1) is 23.0. The highest BCUT2D eigenvalue weighted by molar-refractivity contribution is 7.90. The van der Waals surface area contributed by atoms with Gasteiger partial charge in [-0.1, -0.05) is 35.3 Å². The summed E-state index contributed by atoms with van der Waals surface area (Å²) in [4.78, 5) is 29.5. The van der Waals surface area contributed by atoms with Crippen molar-refractivity contribution >= 4 is 45.0 Å². The SMILES string of the molecule is O=C(c1ccc(-c2cc(Cl)c(C[C@@H]3CCN(C4CCCc5c4cnn5S(=O)(=O)C(F)(F)F)C3=O)c(Cl)c2)cc1)N1CCC(C(F)(F)F)CC1. The van der Waals surface area contributed by atoms with Gasteiger partial charge in [-0.15, -0.1) is 0 Å². The molecule has 1 aromatic heterocycles. The molecule has 0 bridgehead atoms. The summed E-state index contributed by atoms with van der Waals surface area (Å²) in [5.41, 5.74) is -3.10. The number of piperidine rings is 1. The van der Waals surface area contributed by atoms with Crippen molar-refractivity contribution in [2.45, 2.75) is 62.7 Å². The number of alkyl halides is 6. The van der Waals surface area contributed by atoms with Crippen LogP contribution in [0.25, 0.3) is 11.1 Å². The van der Waals surface area contributed by atoms with E-state index in [9.17, 15) is 44.3 Å². The topological polar surface area (TPSA) is 92.6 Å². The van der Waals surface area contributed by atoms with Crippen LogP contribution < -0.4 is 0 Å². The molecule has 8 nitrogen and oxygen atoms in total. The highest BCUT2D eigenvalue weighted by Gasteiger charge is 2.50. The molecule has 3 heterocycles. The second kappa shape index (κ2) is 13.1. The van der Waals surface area contributed by atoms with Crippen LogP contribution in [0.3, 0.4) is 0 Å². The van der Waals surface area contributed by atoms with Gasteiger partial charge < -0.3 is 9.80 Å². The average molecular weight is 752 g/mol. The van der Waals surface area contributed by atoms with E-state index in [1.807, 2.05) is 0 Å². The van der Waals surface area contributed by atoms with Crippen molar-refractivity contribution in [1.29, 1.82) is 0 Å². The summed E-state index contributed by atoms with van der Waals surface area (Å²) in [7, 11) is -5.71. The summed E-state index contributed by atoms with van der Waals surface area (Å²) >= 11 is 13.3. The summed E-state index contributed by atoms with van der Waals surface area (Å²) < 4.78 is 103. The average Bonchev–Trinajstić information content (AvgIpc) is 3.65. The lowest BCUT2D eigenvalue weighted by Gasteiger charge is -2.33. The standard InChI is InChI=1S/C32H30Cl2F6N4O4S/c33-25-15-21(18-4-6-19(7-5-18)29(45)42-11-9-22(10-12-42)31(35,36)37)16-26(34)23(25)14-20-8-13-43(30(20)46)27-2-1-3-28-24(27)17-41-44(28)49(47,48)32(38,39)40/h4-7,15-17,20,22,27H,1-3,8-14H2/t20-,27?/m0/s1. The molecular formula is C32H30Cl2F6N4O4S. The minimum Gasteiger partial charge on any atom is -0.339 e. The molecule has 0 spiro atoms. The maximum Gasteiger partial charge on any atom is 0.518 e. The summed E-state index contributed by atoms with van der Waals surface area (Å²) in [6, 6.07) is 9.31. The van der Waals surface area contributed by atoms with Crippen molar-refractivity contribution < 1.29 is 44.3 Å². The Morgan fingerprint density at radius 2 is 1.53 bits per heavy atom. The number of rotatable bonds is 6. The van der Waals surface area contributed by atoms with E-state index in [1.165, 1.54) is 4.90 Å². The molecular weight excluding hydrogens is 721 g/mol. The van der Waals surface area contributed by atoms with E-state index in [2.05, 4.69) is 5.10 Å². The van der Waals surface area contributed by atoms with Crippen LogP contribution >= 0.6 is 23.2 Å². The minimum atomic E-state index is -5.71. The minimum absolute atomic E-state index is 0.0252. The van der Waals surface area contributed by atoms with E-state index in [4.69, 9.17) is 23.2 Å². The van der Waals surface area contributed by atoms with Gasteiger partial charge >= 0.3 is 21.7 Å². The fourth-order valence-electron chi connectivity index (χ4n) is 7.01. The van der Waals surface area contributed by atoms with Crippen molar-refractivity contribution in [2.75, 3.05) is 19.6 Å². The molecule has 3 aliphatic rings. The zero-order valence-corrected chi connectivity index (χ0v) is 28.0. The van der Waals surface area contributed by atoms with Crippen molar-refractivity contribution in [3.05, 3.63) is 75.0 Å². The molecule has 2 fully saturated rings. The van der Waals surface area contributed by atoms with Gasteiger partial charge in [-0.3, -0.25) is 9.59 Å². The second-order valence-electron chi connectivity index (χ2n) is 12.6. The van der Waals surface area contributed by atoms with Crippen molar-refractivity contribution in [1.82, 2.24) is 19.0 Å². The number of benzene rings is 2. The Hall–Kier alpha value is -3.30. The molecule has 2 amide bonds. The van der Waals surface area contributed by atoms with Crippen LogP contribution in [0.4, 0.5) is 26.3 Å². The van der Waals surface area contributed by atoms with E-state index in [0.717, 1.165) is 6.20 Å². The van der Waals surface area contributed by atoms with Gasteiger partial charge in [0.2, 0.25) is 5.91 Å². The van der Waals surface area contributed by atoms with Crippen LogP contribution in [0.15, 0.2) is 42.6 Å². The van der Waals surface area contributed by atoms with E-state index in [-0.39, 0.29) is 65.9 Å². The Kier molecular flexibility index (Phi) is 9.50. The van der Waals surface area contributed by atoms with Gasteiger partial charge in [-0.25, -0.2) is 0 Å². The third-order valence-corrected chi connectivity index (χ3v) is 11.7. The number of hydrogen-bond donors (Lipinski definition) is 0. The molecule has 2 aromatic carbocycles. The van der Waals surface area contributed by atoms with Gasteiger partial charge in [-0.2, -0.15) is 43.9 Å². The van der Waals surface area contributed by atoms with E-state index in [1.54, 1.807) is 41.3 Å². The van der Waals surface area contributed by atoms with Crippen molar-refractivity contribution in [3.8, 4) is 11.1 Å². The molecule has 0 saturated carbocycles. The lowest BCUT2D eigenvalue weighted by atomic mass is 9.91. The van der Waals surface area contributed by atoms with Gasteiger partial charge in [0.15, 0.2) is 0 Å². The molecule has 2 atom stereocenters. The van der Waals surface area contributed by atoms with Crippen molar-refractivity contribution in [3.63, 3.8) is 0 Å². The van der Waals surface area contributed by atoms with Crippen LogP contribution in [-0.4, -0.2) is 70.5 Å². The molecule has 2 saturated heterocycles. The predicted molar refractivity (Wildman–Crippen MR) is 168 cm³/mol. The Morgan fingerprint density at radius 1 is 0.898 bits per heavy atom. The Morgan fingerprint density at radius 3 is 2.12 bits per heavy atom. The highest BCUT2D eigenvalue weighted by Crippen LogP contribution is 2.42. The first-order valence-electron chi connectivity index (χ1n) is 15.6. The van der Waals surface area contributed by atoms with Crippen LogP contribution in [0, 0.1) is 11.8 Å².